The van der Waals surface area contributed by atoms with Crippen LogP contribution in [0.4, 0.5) is 11.4 Å². The van der Waals surface area contributed by atoms with Crippen LogP contribution in [0.15, 0.2) is 42.5 Å². The second-order valence-electron chi connectivity index (χ2n) is 4.80. The fourth-order valence-corrected chi connectivity index (χ4v) is 2.19. The van der Waals surface area contributed by atoms with Crippen molar-refractivity contribution in [3.05, 3.63) is 68.7 Å². The van der Waals surface area contributed by atoms with Crippen molar-refractivity contribution >= 4 is 28.9 Å². The van der Waals surface area contributed by atoms with Gasteiger partial charge in [-0.05, 0) is 12.1 Å². The molecule has 0 saturated heterocycles. The minimum atomic E-state index is -0.723. The lowest BCUT2D eigenvalue weighted by Gasteiger charge is -2.11. The maximum absolute atomic E-state index is 12.3. The molecule has 0 radical (unpaired) electrons. The maximum atomic E-state index is 12.3. The van der Waals surface area contributed by atoms with E-state index in [0.29, 0.717) is 16.3 Å². The third kappa shape index (κ3) is 4.43. The lowest BCUT2D eigenvalue weighted by molar-refractivity contribution is -0.384. The fourth-order valence-electron chi connectivity index (χ4n) is 2.00. The molecule has 126 valence electrons. The molecule has 24 heavy (non-hydrogen) atoms. The summed E-state index contributed by atoms with van der Waals surface area (Å²) in [5.74, 6) is -0.723. The average molecular weight is 351 g/mol. The molecular weight excluding hydrogens is 336 g/mol. The SMILES string of the molecule is O=C(OCc1ccccc1Cl)c1cc([N+](=O)[O-])ccc1NCCO. The van der Waals surface area contributed by atoms with Gasteiger partial charge in [0.2, 0.25) is 0 Å². The van der Waals surface area contributed by atoms with Gasteiger partial charge in [0.25, 0.3) is 5.69 Å². The van der Waals surface area contributed by atoms with E-state index in [2.05, 4.69) is 5.32 Å². The van der Waals surface area contributed by atoms with E-state index < -0.39 is 10.9 Å². The molecule has 0 unspecified atom stereocenters. The predicted molar refractivity (Wildman–Crippen MR) is 89.2 cm³/mol. The molecule has 0 aromatic heterocycles. The molecule has 0 bridgehead atoms. The first-order valence-corrected chi connectivity index (χ1v) is 7.44. The maximum Gasteiger partial charge on any atom is 0.340 e. The summed E-state index contributed by atoms with van der Waals surface area (Å²) >= 11 is 6.00. The van der Waals surface area contributed by atoms with Crippen LogP contribution in [-0.4, -0.2) is 29.2 Å². The van der Waals surface area contributed by atoms with Crippen molar-refractivity contribution < 1.29 is 19.6 Å². The van der Waals surface area contributed by atoms with E-state index in [9.17, 15) is 14.9 Å². The number of non-ortho nitro benzene ring substituents is 1. The van der Waals surface area contributed by atoms with Gasteiger partial charge in [0.1, 0.15) is 6.61 Å². The number of nitrogens with zero attached hydrogens (tertiary/aromatic N) is 1. The molecule has 2 rings (SSSR count). The van der Waals surface area contributed by atoms with E-state index in [1.54, 1.807) is 24.3 Å². The van der Waals surface area contributed by atoms with Gasteiger partial charge in [-0.3, -0.25) is 10.1 Å². The Morgan fingerprint density at radius 1 is 1.29 bits per heavy atom. The smallest absolute Gasteiger partial charge is 0.340 e. The van der Waals surface area contributed by atoms with Gasteiger partial charge in [0, 0.05) is 35.0 Å². The molecule has 0 atom stereocenters. The van der Waals surface area contributed by atoms with Crippen LogP contribution < -0.4 is 5.32 Å². The number of aliphatic hydroxyl groups is 1. The molecule has 0 saturated carbocycles. The van der Waals surface area contributed by atoms with Crippen LogP contribution in [-0.2, 0) is 11.3 Å². The number of aliphatic hydroxyl groups excluding tert-OH is 1. The first kappa shape index (κ1) is 17.7. The van der Waals surface area contributed by atoms with Gasteiger partial charge >= 0.3 is 5.97 Å². The van der Waals surface area contributed by atoms with Crippen molar-refractivity contribution in [2.24, 2.45) is 0 Å². The molecule has 0 aliphatic heterocycles. The Morgan fingerprint density at radius 3 is 2.71 bits per heavy atom. The Bertz CT molecular complexity index is 751. The molecule has 0 spiro atoms. The number of rotatable bonds is 7. The topological polar surface area (TPSA) is 102 Å². The summed E-state index contributed by atoms with van der Waals surface area (Å²) in [6.07, 6.45) is 0. The highest BCUT2D eigenvalue weighted by Crippen LogP contribution is 2.24. The van der Waals surface area contributed by atoms with E-state index in [1.165, 1.54) is 12.1 Å². The van der Waals surface area contributed by atoms with E-state index >= 15 is 0 Å². The van der Waals surface area contributed by atoms with Crippen LogP contribution in [0, 0.1) is 10.1 Å². The molecular formula is C16H15ClN2O5. The van der Waals surface area contributed by atoms with Crippen LogP contribution in [0.2, 0.25) is 5.02 Å². The van der Waals surface area contributed by atoms with Crippen LogP contribution in [0.1, 0.15) is 15.9 Å². The first-order valence-electron chi connectivity index (χ1n) is 7.06. The third-order valence-corrected chi connectivity index (χ3v) is 3.55. The number of benzene rings is 2. The zero-order chi connectivity index (χ0) is 17.5. The number of nitro benzene ring substituents is 1. The van der Waals surface area contributed by atoms with Crippen molar-refractivity contribution in [2.75, 3.05) is 18.5 Å². The molecule has 2 aromatic rings. The summed E-state index contributed by atoms with van der Waals surface area (Å²) in [5.41, 5.74) is 0.764. The van der Waals surface area contributed by atoms with Crippen LogP contribution >= 0.6 is 11.6 Å². The van der Waals surface area contributed by atoms with Gasteiger partial charge in [0.05, 0.1) is 17.1 Å². The number of ether oxygens (including phenoxy) is 1. The highest BCUT2D eigenvalue weighted by atomic mass is 35.5. The summed E-state index contributed by atoms with van der Waals surface area (Å²) in [5, 5.41) is 23.1. The zero-order valence-corrected chi connectivity index (χ0v) is 13.3. The number of nitrogens with one attached hydrogen (secondary N) is 1. The number of esters is 1. The van der Waals surface area contributed by atoms with Crippen molar-refractivity contribution in [2.45, 2.75) is 6.61 Å². The van der Waals surface area contributed by atoms with Crippen molar-refractivity contribution in [1.29, 1.82) is 0 Å². The Balaban J connectivity index is 2.20. The number of nitro groups is 1. The van der Waals surface area contributed by atoms with E-state index in [4.69, 9.17) is 21.4 Å². The minimum absolute atomic E-state index is 0.0182. The molecule has 2 N–H and O–H groups in total. The van der Waals surface area contributed by atoms with E-state index in [1.807, 2.05) is 0 Å². The van der Waals surface area contributed by atoms with Crippen LogP contribution in [0.25, 0.3) is 0 Å². The molecule has 0 aliphatic rings. The van der Waals surface area contributed by atoms with Crippen LogP contribution in [0.5, 0.6) is 0 Å². The Hall–Kier alpha value is -2.64. The monoisotopic (exact) mass is 350 g/mol. The number of hydrogen-bond acceptors (Lipinski definition) is 6. The quantitative estimate of drug-likeness (QED) is 0.452. The summed E-state index contributed by atoms with van der Waals surface area (Å²) in [7, 11) is 0. The van der Waals surface area contributed by atoms with Crippen molar-refractivity contribution in [3.8, 4) is 0 Å². The molecule has 0 fully saturated rings. The highest BCUT2D eigenvalue weighted by molar-refractivity contribution is 6.31. The molecule has 7 nitrogen and oxygen atoms in total. The standard InChI is InChI=1S/C16H15ClN2O5/c17-14-4-2-1-3-11(14)10-24-16(21)13-9-12(19(22)23)5-6-15(13)18-7-8-20/h1-6,9,18,20H,7-8,10H2. The van der Waals surface area contributed by atoms with Gasteiger partial charge in [0.15, 0.2) is 0 Å². The molecule has 0 amide bonds. The zero-order valence-electron chi connectivity index (χ0n) is 12.6. The van der Waals surface area contributed by atoms with Gasteiger partial charge in [-0.25, -0.2) is 4.79 Å². The Kier molecular flexibility index (Phi) is 6.11. The summed E-state index contributed by atoms with van der Waals surface area (Å²) < 4.78 is 5.20. The van der Waals surface area contributed by atoms with Crippen molar-refractivity contribution in [3.63, 3.8) is 0 Å². The third-order valence-electron chi connectivity index (χ3n) is 3.18. The van der Waals surface area contributed by atoms with Crippen molar-refractivity contribution in [1.82, 2.24) is 0 Å². The lowest BCUT2D eigenvalue weighted by Crippen LogP contribution is -2.13. The summed E-state index contributed by atoms with van der Waals surface area (Å²) in [4.78, 5) is 22.6. The van der Waals surface area contributed by atoms with E-state index in [-0.39, 0.29) is 31.0 Å². The number of hydrogen-bond donors (Lipinski definition) is 2. The number of carbonyl (C=O) groups is 1. The number of carbonyl (C=O) groups excluding carboxylic acids is 1. The molecule has 8 heteroatoms. The van der Waals surface area contributed by atoms with Crippen LogP contribution in [0.3, 0.4) is 0 Å². The Morgan fingerprint density at radius 2 is 2.04 bits per heavy atom. The number of halogens is 1. The second-order valence-corrected chi connectivity index (χ2v) is 5.21. The fraction of sp³-hybridized carbons (Fsp3) is 0.188. The summed E-state index contributed by atoms with van der Waals surface area (Å²) in [6.45, 7) is -0.00561. The summed E-state index contributed by atoms with van der Waals surface area (Å²) in [6, 6.07) is 10.7. The van der Waals surface area contributed by atoms with Gasteiger partial charge < -0.3 is 15.2 Å². The minimum Gasteiger partial charge on any atom is -0.457 e. The molecule has 2 aromatic carbocycles. The van der Waals surface area contributed by atoms with E-state index in [0.717, 1.165) is 6.07 Å². The predicted octanol–water partition coefficient (Wildman–Crippen LogP) is 3.01. The Labute approximate surface area is 143 Å². The average Bonchev–Trinajstić information content (AvgIpc) is 2.58. The molecule has 0 aliphatic carbocycles. The largest absolute Gasteiger partial charge is 0.457 e. The normalized spacial score (nSPS) is 10.2. The second kappa shape index (κ2) is 8.28. The number of anilines is 1. The van der Waals surface area contributed by atoms with Gasteiger partial charge in [-0.2, -0.15) is 0 Å². The lowest BCUT2D eigenvalue weighted by atomic mass is 10.1. The first-order chi connectivity index (χ1) is 11.5. The van der Waals surface area contributed by atoms with Gasteiger partial charge in [-0.1, -0.05) is 29.8 Å². The molecule has 0 heterocycles. The highest BCUT2D eigenvalue weighted by Gasteiger charge is 2.18. The van der Waals surface area contributed by atoms with Gasteiger partial charge in [-0.15, -0.1) is 0 Å².